The molecule has 1 aromatic carbocycles. The van der Waals surface area contributed by atoms with Gasteiger partial charge in [0.25, 0.3) is 0 Å². The monoisotopic (exact) mass is 212 g/mol. The Bertz CT molecular complexity index is 558. The van der Waals surface area contributed by atoms with Crippen molar-refractivity contribution in [1.29, 1.82) is 0 Å². The molecule has 2 aromatic rings. The third kappa shape index (κ3) is 1.29. The molecule has 0 atom stereocenters. The van der Waals surface area contributed by atoms with Crippen LogP contribution >= 0.6 is 0 Å². The fourth-order valence-corrected chi connectivity index (χ4v) is 2.66. The van der Waals surface area contributed by atoms with Crippen molar-refractivity contribution in [3.8, 4) is 0 Å². The van der Waals surface area contributed by atoms with Gasteiger partial charge in [-0.1, -0.05) is 11.6 Å². The van der Waals surface area contributed by atoms with E-state index in [2.05, 4.69) is 30.4 Å². The van der Waals surface area contributed by atoms with Crippen molar-refractivity contribution >= 4 is 16.6 Å². The van der Waals surface area contributed by atoms with Gasteiger partial charge in [0.05, 0.1) is 5.52 Å². The first-order valence-electron chi connectivity index (χ1n) is 5.89. The highest BCUT2D eigenvalue weighted by Crippen LogP contribution is 2.33. The second-order valence-electron chi connectivity index (χ2n) is 4.54. The molecular weight excluding hydrogens is 196 g/mol. The molecule has 0 unspecified atom stereocenters. The molecule has 82 valence electrons. The molecule has 1 N–H and O–H groups in total. The lowest BCUT2D eigenvalue weighted by atomic mass is 10.1. The molecule has 0 radical (unpaired) electrons. The van der Waals surface area contributed by atoms with Crippen LogP contribution in [0.3, 0.4) is 0 Å². The van der Waals surface area contributed by atoms with Crippen LogP contribution in [0, 0.1) is 6.92 Å². The molecule has 0 saturated heterocycles. The smallest absolute Gasteiger partial charge is 0.0726 e. The van der Waals surface area contributed by atoms with E-state index in [1.165, 1.54) is 40.7 Å². The molecular formula is C14H16N2. The number of nitrogens with zero attached hydrogens (tertiary/aromatic N) is 1. The van der Waals surface area contributed by atoms with Gasteiger partial charge in [0.1, 0.15) is 0 Å². The number of hydrogen-bond acceptors (Lipinski definition) is 2. The van der Waals surface area contributed by atoms with Crippen LogP contribution in [-0.2, 0) is 12.8 Å². The summed E-state index contributed by atoms with van der Waals surface area (Å²) in [5.41, 5.74) is 6.43. The Hall–Kier alpha value is -1.57. The summed E-state index contributed by atoms with van der Waals surface area (Å²) in [6.45, 7) is 2.13. The van der Waals surface area contributed by atoms with Gasteiger partial charge in [0.15, 0.2) is 0 Å². The lowest BCUT2D eigenvalue weighted by Gasteiger charge is -2.12. The number of benzene rings is 1. The summed E-state index contributed by atoms with van der Waals surface area (Å²) in [7, 11) is 2.01. The highest BCUT2D eigenvalue weighted by Gasteiger charge is 2.18. The summed E-state index contributed by atoms with van der Waals surface area (Å²) < 4.78 is 0. The summed E-state index contributed by atoms with van der Waals surface area (Å²) >= 11 is 0. The normalized spacial score (nSPS) is 14.1. The Kier molecular flexibility index (Phi) is 2.10. The quantitative estimate of drug-likeness (QED) is 0.785. The molecule has 0 bridgehead atoms. The summed E-state index contributed by atoms with van der Waals surface area (Å²) in [4.78, 5) is 4.77. The standard InChI is InChI=1S/C14H16N2/c1-9-6-7-13-11(8-9)14(15-2)10-4-3-5-12(10)16-13/h6-8H,3-5H2,1-2H3,(H,15,16). The summed E-state index contributed by atoms with van der Waals surface area (Å²) in [6.07, 6.45) is 3.54. The van der Waals surface area contributed by atoms with Crippen molar-refractivity contribution in [2.24, 2.45) is 0 Å². The van der Waals surface area contributed by atoms with Crippen LogP contribution in [0.1, 0.15) is 23.2 Å². The maximum atomic E-state index is 4.77. The molecule has 1 heterocycles. The number of hydrogen-bond donors (Lipinski definition) is 1. The lowest BCUT2D eigenvalue weighted by molar-refractivity contribution is 0.901. The van der Waals surface area contributed by atoms with Gasteiger partial charge in [-0.2, -0.15) is 0 Å². The van der Waals surface area contributed by atoms with Crippen LogP contribution in [-0.4, -0.2) is 12.0 Å². The largest absolute Gasteiger partial charge is 0.387 e. The molecule has 0 spiro atoms. The van der Waals surface area contributed by atoms with E-state index >= 15 is 0 Å². The maximum Gasteiger partial charge on any atom is 0.0726 e. The van der Waals surface area contributed by atoms with Crippen molar-refractivity contribution in [1.82, 2.24) is 4.98 Å². The Balaban J connectivity index is 2.40. The number of nitrogens with one attached hydrogen (secondary N) is 1. The highest BCUT2D eigenvalue weighted by atomic mass is 14.9. The fraction of sp³-hybridized carbons (Fsp3) is 0.357. The van der Waals surface area contributed by atoms with Crippen molar-refractivity contribution in [3.05, 3.63) is 35.0 Å². The van der Waals surface area contributed by atoms with E-state index in [1.54, 1.807) is 0 Å². The summed E-state index contributed by atoms with van der Waals surface area (Å²) in [5, 5.41) is 4.62. The zero-order valence-electron chi connectivity index (χ0n) is 9.80. The maximum absolute atomic E-state index is 4.77. The predicted octanol–water partition coefficient (Wildman–Crippen LogP) is 3.07. The molecule has 0 aliphatic heterocycles. The molecule has 3 rings (SSSR count). The number of aryl methyl sites for hydroxylation is 2. The number of anilines is 1. The average molecular weight is 212 g/mol. The Morgan fingerprint density at radius 1 is 1.25 bits per heavy atom. The Morgan fingerprint density at radius 3 is 2.94 bits per heavy atom. The van der Waals surface area contributed by atoms with Crippen LogP contribution in [0.2, 0.25) is 0 Å². The van der Waals surface area contributed by atoms with Gasteiger partial charge >= 0.3 is 0 Å². The average Bonchev–Trinajstić information content (AvgIpc) is 2.73. The Labute approximate surface area is 95.7 Å². The van der Waals surface area contributed by atoms with Gasteiger partial charge in [0, 0.05) is 23.8 Å². The van der Waals surface area contributed by atoms with E-state index < -0.39 is 0 Å². The minimum absolute atomic E-state index is 1.12. The molecule has 1 aliphatic rings. The van der Waals surface area contributed by atoms with Gasteiger partial charge in [0.2, 0.25) is 0 Å². The second-order valence-corrected chi connectivity index (χ2v) is 4.54. The van der Waals surface area contributed by atoms with Gasteiger partial charge in [-0.3, -0.25) is 4.98 Å². The first kappa shape index (κ1) is 9.64. The molecule has 1 aromatic heterocycles. The van der Waals surface area contributed by atoms with Crippen LogP contribution < -0.4 is 5.32 Å². The Morgan fingerprint density at radius 2 is 2.12 bits per heavy atom. The minimum Gasteiger partial charge on any atom is -0.387 e. The van der Waals surface area contributed by atoms with Crippen LogP contribution in [0.25, 0.3) is 10.9 Å². The highest BCUT2D eigenvalue weighted by molar-refractivity contribution is 5.94. The van der Waals surface area contributed by atoms with Crippen LogP contribution in [0.5, 0.6) is 0 Å². The molecule has 2 heteroatoms. The van der Waals surface area contributed by atoms with Crippen molar-refractivity contribution in [2.75, 3.05) is 12.4 Å². The van der Waals surface area contributed by atoms with Crippen LogP contribution in [0.15, 0.2) is 18.2 Å². The van der Waals surface area contributed by atoms with Crippen molar-refractivity contribution in [2.45, 2.75) is 26.2 Å². The predicted molar refractivity (Wildman–Crippen MR) is 68.1 cm³/mol. The van der Waals surface area contributed by atoms with E-state index in [4.69, 9.17) is 4.98 Å². The second kappa shape index (κ2) is 3.48. The third-order valence-corrected chi connectivity index (χ3v) is 3.42. The molecule has 1 aliphatic carbocycles. The van der Waals surface area contributed by atoms with Crippen LogP contribution in [0.4, 0.5) is 5.69 Å². The summed E-state index contributed by atoms with van der Waals surface area (Å²) in [6, 6.07) is 6.49. The lowest BCUT2D eigenvalue weighted by Crippen LogP contribution is -1.99. The van der Waals surface area contributed by atoms with E-state index in [1.807, 2.05) is 7.05 Å². The molecule has 0 amide bonds. The SMILES string of the molecule is CNc1c2c(nc3ccc(C)cc13)CCC2. The van der Waals surface area contributed by atoms with E-state index in [0.717, 1.165) is 11.9 Å². The van der Waals surface area contributed by atoms with Crippen molar-refractivity contribution in [3.63, 3.8) is 0 Å². The molecule has 0 fully saturated rings. The first-order valence-corrected chi connectivity index (χ1v) is 5.89. The number of rotatable bonds is 1. The zero-order valence-corrected chi connectivity index (χ0v) is 9.80. The van der Waals surface area contributed by atoms with Crippen molar-refractivity contribution < 1.29 is 0 Å². The summed E-state index contributed by atoms with van der Waals surface area (Å²) in [5.74, 6) is 0. The molecule has 2 nitrogen and oxygen atoms in total. The zero-order chi connectivity index (χ0) is 11.1. The van der Waals surface area contributed by atoms with Gasteiger partial charge in [-0.25, -0.2) is 0 Å². The molecule has 0 saturated carbocycles. The van der Waals surface area contributed by atoms with E-state index in [-0.39, 0.29) is 0 Å². The van der Waals surface area contributed by atoms with Gasteiger partial charge in [-0.05, 0) is 43.9 Å². The van der Waals surface area contributed by atoms with E-state index in [9.17, 15) is 0 Å². The van der Waals surface area contributed by atoms with Gasteiger partial charge < -0.3 is 5.32 Å². The minimum atomic E-state index is 1.12. The number of aromatic nitrogens is 1. The molecule has 16 heavy (non-hydrogen) atoms. The van der Waals surface area contributed by atoms with E-state index in [0.29, 0.717) is 0 Å². The third-order valence-electron chi connectivity index (χ3n) is 3.42. The number of pyridine rings is 1. The topological polar surface area (TPSA) is 24.9 Å². The fourth-order valence-electron chi connectivity index (χ4n) is 2.66. The number of fused-ring (bicyclic) bond motifs is 2. The van der Waals surface area contributed by atoms with Gasteiger partial charge in [-0.15, -0.1) is 0 Å². The first-order chi connectivity index (χ1) is 7.79.